The SMILES string of the molecule is CCOC(=O)N1CCC(NC(=O)c2cnoc2-c2ccccc2)CC1. The number of carbonyl (C=O) groups excluding carboxylic acids is 2. The van der Waals surface area contributed by atoms with Gasteiger partial charge in [0.15, 0.2) is 5.76 Å². The minimum atomic E-state index is -0.294. The van der Waals surface area contributed by atoms with E-state index in [0.717, 1.165) is 5.56 Å². The van der Waals surface area contributed by atoms with Gasteiger partial charge in [0, 0.05) is 24.7 Å². The fourth-order valence-electron chi connectivity index (χ4n) is 2.88. The second kappa shape index (κ2) is 7.83. The maximum atomic E-state index is 12.6. The Morgan fingerprint density at radius 3 is 2.68 bits per heavy atom. The van der Waals surface area contributed by atoms with Crippen molar-refractivity contribution in [1.82, 2.24) is 15.4 Å². The molecule has 0 atom stereocenters. The monoisotopic (exact) mass is 343 g/mol. The Kier molecular flexibility index (Phi) is 5.33. The van der Waals surface area contributed by atoms with Crippen LogP contribution in [0.3, 0.4) is 0 Å². The lowest BCUT2D eigenvalue weighted by Gasteiger charge is -2.31. The molecule has 1 N–H and O–H groups in total. The van der Waals surface area contributed by atoms with E-state index in [9.17, 15) is 9.59 Å². The summed E-state index contributed by atoms with van der Waals surface area (Å²) in [6.07, 6.45) is 2.52. The summed E-state index contributed by atoms with van der Waals surface area (Å²) < 4.78 is 10.3. The van der Waals surface area contributed by atoms with Crippen LogP contribution in [0.25, 0.3) is 11.3 Å². The van der Waals surface area contributed by atoms with Crippen LogP contribution < -0.4 is 5.32 Å². The van der Waals surface area contributed by atoms with Crippen LogP contribution in [0.2, 0.25) is 0 Å². The molecule has 1 fully saturated rings. The zero-order chi connectivity index (χ0) is 17.6. The molecule has 0 saturated carbocycles. The number of piperidine rings is 1. The topological polar surface area (TPSA) is 84.7 Å². The van der Waals surface area contributed by atoms with Crippen molar-refractivity contribution in [2.75, 3.05) is 19.7 Å². The number of aromatic nitrogens is 1. The van der Waals surface area contributed by atoms with Gasteiger partial charge in [0.2, 0.25) is 0 Å². The average Bonchev–Trinajstić information content (AvgIpc) is 3.13. The number of hydrogen-bond donors (Lipinski definition) is 1. The number of carbonyl (C=O) groups is 2. The number of benzene rings is 1. The predicted octanol–water partition coefficient (Wildman–Crippen LogP) is 2.69. The maximum Gasteiger partial charge on any atom is 0.409 e. The first-order chi connectivity index (χ1) is 12.2. The molecule has 7 heteroatoms. The van der Waals surface area contributed by atoms with E-state index in [1.807, 2.05) is 30.3 Å². The second-order valence-electron chi connectivity index (χ2n) is 5.87. The van der Waals surface area contributed by atoms with Gasteiger partial charge in [-0.1, -0.05) is 35.5 Å². The molecule has 2 aromatic rings. The molecule has 3 rings (SSSR count). The zero-order valence-electron chi connectivity index (χ0n) is 14.1. The molecule has 0 radical (unpaired) electrons. The second-order valence-corrected chi connectivity index (χ2v) is 5.87. The lowest BCUT2D eigenvalue weighted by molar-refractivity contribution is 0.0860. The van der Waals surface area contributed by atoms with Crippen LogP contribution in [0, 0.1) is 0 Å². The fraction of sp³-hybridized carbons (Fsp3) is 0.389. The summed E-state index contributed by atoms with van der Waals surface area (Å²) in [7, 11) is 0. The summed E-state index contributed by atoms with van der Waals surface area (Å²) in [5.74, 6) is 0.247. The van der Waals surface area contributed by atoms with Gasteiger partial charge >= 0.3 is 6.09 Å². The molecule has 0 bridgehead atoms. The standard InChI is InChI=1S/C18H21N3O4/c1-2-24-18(23)21-10-8-14(9-11-21)20-17(22)15-12-19-25-16(15)13-6-4-3-5-7-13/h3-7,12,14H,2,8-11H2,1H3,(H,20,22). The Hall–Kier alpha value is -2.83. The Balaban J connectivity index is 1.60. The normalized spacial score (nSPS) is 15.0. The van der Waals surface area contributed by atoms with Crippen LogP contribution in [0.5, 0.6) is 0 Å². The largest absolute Gasteiger partial charge is 0.450 e. The maximum absolute atomic E-state index is 12.6. The summed E-state index contributed by atoms with van der Waals surface area (Å²) >= 11 is 0. The molecule has 1 aliphatic heterocycles. The van der Waals surface area contributed by atoms with Crippen LogP contribution >= 0.6 is 0 Å². The van der Waals surface area contributed by atoms with Crippen molar-refractivity contribution >= 4 is 12.0 Å². The molecule has 0 spiro atoms. The Morgan fingerprint density at radius 1 is 1.28 bits per heavy atom. The van der Waals surface area contributed by atoms with Gasteiger partial charge in [0.25, 0.3) is 5.91 Å². The van der Waals surface area contributed by atoms with Crippen molar-refractivity contribution in [1.29, 1.82) is 0 Å². The molecule has 1 aromatic carbocycles. The minimum Gasteiger partial charge on any atom is -0.450 e. The van der Waals surface area contributed by atoms with Crippen molar-refractivity contribution in [3.05, 3.63) is 42.1 Å². The molecule has 0 unspecified atom stereocenters. The molecule has 132 valence electrons. The highest BCUT2D eigenvalue weighted by atomic mass is 16.6. The van der Waals surface area contributed by atoms with Crippen molar-refractivity contribution in [2.45, 2.75) is 25.8 Å². The molecule has 1 saturated heterocycles. The number of amides is 2. The van der Waals surface area contributed by atoms with E-state index in [-0.39, 0.29) is 18.0 Å². The highest BCUT2D eigenvalue weighted by molar-refractivity contribution is 5.99. The van der Waals surface area contributed by atoms with Gasteiger partial charge < -0.3 is 19.5 Å². The molecular formula is C18H21N3O4. The molecule has 25 heavy (non-hydrogen) atoms. The van der Waals surface area contributed by atoms with E-state index in [0.29, 0.717) is 43.9 Å². The molecule has 0 aliphatic carbocycles. The number of nitrogens with one attached hydrogen (secondary N) is 1. The quantitative estimate of drug-likeness (QED) is 0.922. The van der Waals surface area contributed by atoms with Crippen molar-refractivity contribution < 1.29 is 18.8 Å². The Morgan fingerprint density at radius 2 is 2.00 bits per heavy atom. The number of rotatable bonds is 4. The first kappa shape index (κ1) is 17.0. The molecule has 7 nitrogen and oxygen atoms in total. The third-order valence-electron chi connectivity index (χ3n) is 4.21. The highest BCUT2D eigenvalue weighted by Crippen LogP contribution is 2.23. The van der Waals surface area contributed by atoms with Crippen LogP contribution in [0.1, 0.15) is 30.1 Å². The summed E-state index contributed by atoms with van der Waals surface area (Å²) in [6.45, 7) is 3.29. The van der Waals surface area contributed by atoms with Gasteiger partial charge in [-0.3, -0.25) is 4.79 Å². The number of hydrogen-bond acceptors (Lipinski definition) is 5. The Labute approximate surface area is 145 Å². The van der Waals surface area contributed by atoms with Crippen molar-refractivity contribution in [2.24, 2.45) is 0 Å². The minimum absolute atomic E-state index is 0.0108. The fourth-order valence-corrected chi connectivity index (χ4v) is 2.88. The lowest BCUT2D eigenvalue weighted by Crippen LogP contribution is -2.46. The third kappa shape index (κ3) is 3.99. The van der Waals surface area contributed by atoms with E-state index >= 15 is 0 Å². The van der Waals surface area contributed by atoms with Gasteiger partial charge in [-0.15, -0.1) is 0 Å². The van der Waals surface area contributed by atoms with Gasteiger partial charge in [-0.25, -0.2) is 4.79 Å². The number of ether oxygens (including phenoxy) is 1. The van der Waals surface area contributed by atoms with Gasteiger partial charge in [0.1, 0.15) is 5.56 Å². The summed E-state index contributed by atoms with van der Waals surface area (Å²) in [4.78, 5) is 25.9. The van der Waals surface area contributed by atoms with E-state index in [2.05, 4.69) is 10.5 Å². The van der Waals surface area contributed by atoms with E-state index in [4.69, 9.17) is 9.26 Å². The van der Waals surface area contributed by atoms with Crippen LogP contribution in [-0.2, 0) is 4.74 Å². The predicted molar refractivity (Wildman–Crippen MR) is 91.0 cm³/mol. The Bertz CT molecular complexity index is 721. The number of likely N-dealkylation sites (tertiary alicyclic amines) is 1. The van der Waals surface area contributed by atoms with Gasteiger partial charge in [0.05, 0.1) is 12.8 Å². The molecule has 1 aliphatic rings. The first-order valence-corrected chi connectivity index (χ1v) is 8.41. The van der Waals surface area contributed by atoms with Crippen LogP contribution in [0.4, 0.5) is 4.79 Å². The van der Waals surface area contributed by atoms with Gasteiger partial charge in [-0.2, -0.15) is 0 Å². The van der Waals surface area contributed by atoms with Crippen molar-refractivity contribution in [3.63, 3.8) is 0 Å². The van der Waals surface area contributed by atoms with Gasteiger partial charge in [-0.05, 0) is 19.8 Å². The smallest absolute Gasteiger partial charge is 0.409 e. The highest BCUT2D eigenvalue weighted by Gasteiger charge is 2.26. The molecular weight excluding hydrogens is 322 g/mol. The van der Waals surface area contributed by atoms with E-state index in [1.165, 1.54) is 6.20 Å². The molecule has 2 heterocycles. The molecule has 2 amide bonds. The van der Waals surface area contributed by atoms with E-state index < -0.39 is 0 Å². The summed E-state index contributed by atoms with van der Waals surface area (Å²) in [5, 5.41) is 6.77. The first-order valence-electron chi connectivity index (χ1n) is 8.41. The summed E-state index contributed by atoms with van der Waals surface area (Å²) in [6, 6.07) is 9.41. The van der Waals surface area contributed by atoms with Crippen molar-refractivity contribution in [3.8, 4) is 11.3 Å². The van der Waals surface area contributed by atoms with E-state index in [1.54, 1.807) is 11.8 Å². The summed E-state index contributed by atoms with van der Waals surface area (Å²) in [5.41, 5.74) is 1.22. The lowest BCUT2D eigenvalue weighted by atomic mass is 10.0. The third-order valence-corrected chi connectivity index (χ3v) is 4.21. The number of nitrogens with zero attached hydrogens (tertiary/aromatic N) is 2. The average molecular weight is 343 g/mol. The molecule has 1 aromatic heterocycles. The van der Waals surface area contributed by atoms with Crippen LogP contribution in [0.15, 0.2) is 41.1 Å². The zero-order valence-corrected chi connectivity index (χ0v) is 14.1. The van der Waals surface area contributed by atoms with Crippen LogP contribution in [-0.4, -0.2) is 47.8 Å².